The van der Waals surface area contributed by atoms with Gasteiger partial charge in [0.15, 0.2) is 0 Å². The first-order valence-corrected chi connectivity index (χ1v) is 8.36. The van der Waals surface area contributed by atoms with Crippen LogP contribution in [0.2, 0.25) is 0 Å². The van der Waals surface area contributed by atoms with Crippen molar-refractivity contribution in [2.75, 3.05) is 0 Å². The van der Waals surface area contributed by atoms with Gasteiger partial charge in [0.1, 0.15) is 5.54 Å². The van der Waals surface area contributed by atoms with Crippen LogP contribution >= 0.6 is 0 Å². The molecular weight excluding hydrogens is 256 g/mol. The zero-order chi connectivity index (χ0) is 14.9. The van der Waals surface area contributed by atoms with Gasteiger partial charge < -0.3 is 0 Å². The van der Waals surface area contributed by atoms with Gasteiger partial charge in [-0.3, -0.25) is 5.32 Å². The molecule has 2 heteroatoms. The monoisotopic (exact) mass is 282 g/mol. The van der Waals surface area contributed by atoms with E-state index in [4.69, 9.17) is 0 Å². The number of nitriles is 1. The number of rotatable bonds is 2. The summed E-state index contributed by atoms with van der Waals surface area (Å²) >= 11 is 0. The van der Waals surface area contributed by atoms with E-state index in [0.29, 0.717) is 6.04 Å². The average Bonchev–Trinajstić information content (AvgIpc) is 2.52. The molecule has 1 atom stereocenters. The Morgan fingerprint density at radius 1 is 1.05 bits per heavy atom. The van der Waals surface area contributed by atoms with E-state index >= 15 is 0 Å². The van der Waals surface area contributed by atoms with Crippen molar-refractivity contribution in [2.45, 2.75) is 75.8 Å². The lowest BCUT2D eigenvalue weighted by atomic mass is 9.65. The van der Waals surface area contributed by atoms with Crippen LogP contribution in [0.4, 0.5) is 0 Å². The molecule has 0 aromatic heterocycles. The van der Waals surface area contributed by atoms with Crippen LogP contribution in [0.1, 0.15) is 69.9 Å². The molecule has 0 radical (unpaired) electrons. The number of hydrogen-bond acceptors (Lipinski definition) is 2. The summed E-state index contributed by atoms with van der Waals surface area (Å²) < 4.78 is 0. The maximum Gasteiger partial charge on any atom is 0.132 e. The zero-order valence-electron chi connectivity index (χ0n) is 13.3. The lowest BCUT2D eigenvalue weighted by Gasteiger charge is -2.44. The van der Waals surface area contributed by atoms with Gasteiger partial charge in [0.2, 0.25) is 0 Å². The van der Waals surface area contributed by atoms with E-state index in [0.717, 1.165) is 12.8 Å². The third-order valence-corrected chi connectivity index (χ3v) is 5.49. The van der Waals surface area contributed by atoms with Gasteiger partial charge in [0.25, 0.3) is 0 Å². The van der Waals surface area contributed by atoms with Gasteiger partial charge in [0.05, 0.1) is 6.07 Å². The largest absolute Gasteiger partial charge is 0.293 e. The van der Waals surface area contributed by atoms with Crippen molar-refractivity contribution >= 4 is 0 Å². The molecule has 2 aliphatic carbocycles. The van der Waals surface area contributed by atoms with E-state index in [2.05, 4.69) is 49.5 Å². The highest BCUT2D eigenvalue weighted by Crippen LogP contribution is 2.45. The fourth-order valence-corrected chi connectivity index (χ4v) is 4.11. The van der Waals surface area contributed by atoms with Crippen LogP contribution in [-0.2, 0) is 11.0 Å². The van der Waals surface area contributed by atoms with Crippen molar-refractivity contribution < 1.29 is 0 Å². The minimum absolute atomic E-state index is 0.172. The molecule has 1 fully saturated rings. The summed E-state index contributed by atoms with van der Waals surface area (Å²) in [6.45, 7) is 4.60. The van der Waals surface area contributed by atoms with Crippen molar-refractivity contribution in [3.8, 4) is 6.07 Å². The number of hydrogen-bond donors (Lipinski definition) is 1. The fraction of sp³-hybridized carbons (Fsp3) is 0.632. The molecule has 112 valence electrons. The number of benzene rings is 1. The van der Waals surface area contributed by atoms with E-state index in [9.17, 15) is 5.26 Å². The van der Waals surface area contributed by atoms with Crippen molar-refractivity contribution in [1.29, 1.82) is 5.26 Å². The minimum atomic E-state index is -0.478. The smallest absolute Gasteiger partial charge is 0.132 e. The summed E-state index contributed by atoms with van der Waals surface area (Å²) in [5.74, 6) is 0. The van der Waals surface area contributed by atoms with Crippen LogP contribution in [0.25, 0.3) is 0 Å². The maximum absolute atomic E-state index is 9.98. The fourth-order valence-electron chi connectivity index (χ4n) is 4.11. The maximum atomic E-state index is 9.98. The SMILES string of the molecule is CC1(C)CCC(C#N)(NC2CCCCC2)c2ccccc21. The van der Waals surface area contributed by atoms with Gasteiger partial charge in [-0.2, -0.15) is 5.26 Å². The number of nitrogens with zero attached hydrogens (tertiary/aromatic N) is 1. The third kappa shape index (κ3) is 2.60. The Bertz CT molecular complexity index is 549. The van der Waals surface area contributed by atoms with E-state index in [1.165, 1.54) is 43.2 Å². The average molecular weight is 282 g/mol. The quantitative estimate of drug-likeness (QED) is 0.872. The van der Waals surface area contributed by atoms with E-state index in [-0.39, 0.29) is 5.41 Å². The molecular formula is C19H26N2. The van der Waals surface area contributed by atoms with Crippen LogP contribution in [0.15, 0.2) is 24.3 Å². The summed E-state index contributed by atoms with van der Waals surface area (Å²) in [6, 6.07) is 11.7. The van der Waals surface area contributed by atoms with E-state index < -0.39 is 5.54 Å². The Labute approximate surface area is 128 Å². The molecule has 0 aliphatic heterocycles. The normalized spacial score (nSPS) is 28.6. The minimum Gasteiger partial charge on any atom is -0.293 e. The molecule has 2 aliphatic rings. The molecule has 2 nitrogen and oxygen atoms in total. The Hall–Kier alpha value is -1.33. The highest BCUT2D eigenvalue weighted by Gasteiger charge is 2.44. The summed E-state index contributed by atoms with van der Waals surface area (Å²) in [7, 11) is 0. The van der Waals surface area contributed by atoms with Gasteiger partial charge in [-0.1, -0.05) is 57.4 Å². The number of nitrogens with one attached hydrogen (secondary N) is 1. The molecule has 1 unspecified atom stereocenters. The first kappa shape index (κ1) is 14.6. The summed E-state index contributed by atoms with van der Waals surface area (Å²) in [5, 5.41) is 13.7. The molecule has 1 N–H and O–H groups in total. The summed E-state index contributed by atoms with van der Waals surface area (Å²) in [6.07, 6.45) is 8.37. The summed E-state index contributed by atoms with van der Waals surface area (Å²) in [5.41, 5.74) is 2.26. The van der Waals surface area contributed by atoms with E-state index in [1.54, 1.807) is 0 Å². The van der Waals surface area contributed by atoms with Gasteiger partial charge in [-0.25, -0.2) is 0 Å². The molecule has 1 aromatic rings. The van der Waals surface area contributed by atoms with Gasteiger partial charge in [0, 0.05) is 6.04 Å². The highest BCUT2D eigenvalue weighted by molar-refractivity contribution is 5.45. The Morgan fingerprint density at radius 3 is 2.38 bits per heavy atom. The zero-order valence-corrected chi connectivity index (χ0v) is 13.3. The lowest BCUT2D eigenvalue weighted by Crippen LogP contribution is -2.51. The van der Waals surface area contributed by atoms with Gasteiger partial charge >= 0.3 is 0 Å². The molecule has 0 amide bonds. The molecule has 1 aromatic carbocycles. The van der Waals surface area contributed by atoms with Crippen LogP contribution in [0, 0.1) is 11.3 Å². The van der Waals surface area contributed by atoms with E-state index in [1.807, 2.05) is 0 Å². The van der Waals surface area contributed by atoms with Gasteiger partial charge in [-0.05, 0) is 42.2 Å². The molecule has 0 heterocycles. The Balaban J connectivity index is 1.97. The second-order valence-electron chi connectivity index (χ2n) is 7.43. The highest BCUT2D eigenvalue weighted by atomic mass is 15.0. The van der Waals surface area contributed by atoms with Crippen molar-refractivity contribution in [1.82, 2.24) is 5.32 Å². The molecule has 0 saturated heterocycles. The first-order valence-electron chi connectivity index (χ1n) is 8.36. The predicted octanol–water partition coefficient (Wildman–Crippen LogP) is 4.40. The van der Waals surface area contributed by atoms with Crippen molar-refractivity contribution in [3.63, 3.8) is 0 Å². The second-order valence-corrected chi connectivity index (χ2v) is 7.43. The lowest BCUT2D eigenvalue weighted by molar-refractivity contribution is 0.244. The number of fused-ring (bicyclic) bond motifs is 1. The molecule has 21 heavy (non-hydrogen) atoms. The van der Waals surface area contributed by atoms with Gasteiger partial charge in [-0.15, -0.1) is 0 Å². The second kappa shape index (κ2) is 5.46. The Morgan fingerprint density at radius 2 is 1.71 bits per heavy atom. The predicted molar refractivity (Wildman–Crippen MR) is 86.0 cm³/mol. The molecule has 0 spiro atoms. The van der Waals surface area contributed by atoms with Crippen LogP contribution in [0.5, 0.6) is 0 Å². The van der Waals surface area contributed by atoms with Crippen molar-refractivity contribution in [2.24, 2.45) is 0 Å². The van der Waals surface area contributed by atoms with Crippen molar-refractivity contribution in [3.05, 3.63) is 35.4 Å². The van der Waals surface area contributed by atoms with Crippen LogP contribution < -0.4 is 5.32 Å². The van der Waals surface area contributed by atoms with Crippen LogP contribution in [0.3, 0.4) is 0 Å². The standard InChI is InChI=1S/C19H26N2/c1-18(2)12-13-19(14-20,17-11-7-6-10-16(17)18)21-15-8-4-3-5-9-15/h6-7,10-11,15,21H,3-5,8-9,12-13H2,1-2H3. The first-order chi connectivity index (χ1) is 10.1. The summed E-state index contributed by atoms with van der Waals surface area (Å²) in [4.78, 5) is 0. The third-order valence-electron chi connectivity index (χ3n) is 5.49. The Kier molecular flexibility index (Phi) is 3.80. The topological polar surface area (TPSA) is 35.8 Å². The van der Waals surface area contributed by atoms with Crippen LogP contribution in [-0.4, -0.2) is 6.04 Å². The molecule has 0 bridgehead atoms. The molecule has 3 rings (SSSR count). The molecule has 1 saturated carbocycles.